The predicted molar refractivity (Wildman–Crippen MR) is 104 cm³/mol. The molecule has 0 spiro atoms. The standard InChI is InChI=1S/C16H30N4Si2/c1-19(21(3,4)5)17-13-15-9-11-16(12-10-15)14-18-20(2)22(6,7)8/h9-14H,1-8H3/b17-13+,18-14+. The first-order valence-corrected chi connectivity index (χ1v) is 14.6. The van der Waals surface area contributed by atoms with Crippen LogP contribution >= 0.6 is 0 Å². The molecular formula is C16H30N4Si2. The zero-order valence-corrected chi connectivity index (χ0v) is 17.3. The fourth-order valence-electron chi connectivity index (χ4n) is 1.32. The summed E-state index contributed by atoms with van der Waals surface area (Å²) >= 11 is 0. The molecule has 0 unspecified atom stereocenters. The summed E-state index contributed by atoms with van der Waals surface area (Å²) in [6, 6.07) is 8.32. The highest BCUT2D eigenvalue weighted by atomic mass is 28.3. The van der Waals surface area contributed by atoms with Gasteiger partial charge in [-0.2, -0.15) is 10.2 Å². The molecule has 0 heterocycles. The van der Waals surface area contributed by atoms with Crippen LogP contribution in [0.25, 0.3) is 0 Å². The molecule has 0 atom stereocenters. The molecule has 0 aliphatic carbocycles. The van der Waals surface area contributed by atoms with E-state index in [4.69, 9.17) is 0 Å². The van der Waals surface area contributed by atoms with Crippen LogP contribution in [-0.2, 0) is 0 Å². The molecule has 0 radical (unpaired) electrons. The average molecular weight is 335 g/mol. The van der Waals surface area contributed by atoms with Gasteiger partial charge >= 0.3 is 0 Å². The van der Waals surface area contributed by atoms with Crippen LogP contribution < -0.4 is 0 Å². The first-order valence-electron chi connectivity index (χ1n) is 7.66. The van der Waals surface area contributed by atoms with Crippen molar-refractivity contribution in [3.05, 3.63) is 35.4 Å². The van der Waals surface area contributed by atoms with Gasteiger partial charge in [0.1, 0.15) is 0 Å². The zero-order valence-electron chi connectivity index (χ0n) is 15.3. The van der Waals surface area contributed by atoms with E-state index < -0.39 is 16.5 Å². The highest BCUT2D eigenvalue weighted by Crippen LogP contribution is 2.08. The molecule has 0 N–H and O–H groups in total. The van der Waals surface area contributed by atoms with Crippen LogP contribution in [0, 0.1) is 0 Å². The second-order valence-corrected chi connectivity index (χ2v) is 17.5. The molecule has 6 heteroatoms. The molecule has 1 rings (SSSR count). The van der Waals surface area contributed by atoms with E-state index in [1.54, 1.807) is 0 Å². The Kier molecular flexibility index (Phi) is 6.13. The second-order valence-electron chi connectivity index (χ2n) is 7.54. The normalized spacial score (nSPS) is 13.1. The van der Waals surface area contributed by atoms with Crippen LogP contribution in [0.2, 0.25) is 39.3 Å². The molecule has 0 fully saturated rings. The number of rotatable bonds is 6. The quantitative estimate of drug-likeness (QED) is 0.449. The van der Waals surface area contributed by atoms with Crippen molar-refractivity contribution in [2.45, 2.75) is 39.3 Å². The third-order valence-corrected chi connectivity index (χ3v) is 7.75. The van der Waals surface area contributed by atoms with Gasteiger partial charge in [-0.25, -0.2) is 0 Å². The van der Waals surface area contributed by atoms with Gasteiger partial charge in [0.05, 0.1) is 12.4 Å². The number of benzene rings is 1. The smallest absolute Gasteiger partial charge is 0.168 e. The second kappa shape index (κ2) is 7.24. The van der Waals surface area contributed by atoms with E-state index in [1.165, 1.54) is 0 Å². The van der Waals surface area contributed by atoms with E-state index in [9.17, 15) is 0 Å². The summed E-state index contributed by atoms with van der Waals surface area (Å²) in [5.41, 5.74) is 2.22. The van der Waals surface area contributed by atoms with Gasteiger partial charge in [0.15, 0.2) is 16.5 Å². The van der Waals surface area contributed by atoms with Crippen LogP contribution in [-0.4, -0.2) is 52.3 Å². The van der Waals surface area contributed by atoms with E-state index in [-0.39, 0.29) is 0 Å². The molecule has 0 saturated carbocycles. The maximum atomic E-state index is 4.54. The Morgan fingerprint density at radius 3 is 1.18 bits per heavy atom. The summed E-state index contributed by atoms with van der Waals surface area (Å²) in [4.78, 5) is 0. The first-order chi connectivity index (χ1) is 10.00. The lowest BCUT2D eigenvalue weighted by Crippen LogP contribution is -2.39. The van der Waals surface area contributed by atoms with Crippen molar-refractivity contribution in [3.8, 4) is 0 Å². The lowest BCUT2D eigenvalue weighted by molar-refractivity contribution is 0.552. The number of hydrogen-bond donors (Lipinski definition) is 0. The molecule has 1 aromatic rings. The first kappa shape index (κ1) is 18.6. The van der Waals surface area contributed by atoms with Crippen molar-refractivity contribution >= 4 is 28.9 Å². The number of hydrazone groups is 2. The zero-order chi connectivity index (χ0) is 17.0. The molecule has 4 nitrogen and oxygen atoms in total. The monoisotopic (exact) mass is 334 g/mol. The van der Waals surface area contributed by atoms with E-state index >= 15 is 0 Å². The highest BCUT2D eigenvalue weighted by molar-refractivity contribution is 6.73. The molecule has 0 saturated heterocycles. The van der Waals surface area contributed by atoms with Gasteiger partial charge in [0.2, 0.25) is 0 Å². The Bertz CT molecular complexity index is 476. The minimum Gasteiger partial charge on any atom is -0.328 e. The summed E-state index contributed by atoms with van der Waals surface area (Å²) < 4.78 is 4.20. The molecule has 1 aromatic carbocycles. The average Bonchev–Trinajstić information content (AvgIpc) is 2.41. The van der Waals surface area contributed by atoms with Gasteiger partial charge < -0.3 is 9.35 Å². The van der Waals surface area contributed by atoms with Gasteiger partial charge in [0.25, 0.3) is 0 Å². The minimum atomic E-state index is -1.36. The van der Waals surface area contributed by atoms with Crippen LogP contribution in [0.1, 0.15) is 11.1 Å². The van der Waals surface area contributed by atoms with Crippen molar-refractivity contribution in [2.24, 2.45) is 10.2 Å². The SMILES string of the molecule is CN(/N=C/c1ccc(/C=N/N(C)[Si](C)(C)C)cc1)[Si](C)(C)C. The maximum Gasteiger partial charge on any atom is 0.168 e. The van der Waals surface area contributed by atoms with E-state index in [0.29, 0.717) is 0 Å². The largest absolute Gasteiger partial charge is 0.328 e. The summed E-state index contributed by atoms with van der Waals surface area (Å²) in [7, 11) is 1.39. The van der Waals surface area contributed by atoms with Gasteiger partial charge in [-0.05, 0) is 11.1 Å². The lowest BCUT2D eigenvalue weighted by atomic mass is 10.2. The van der Waals surface area contributed by atoms with Gasteiger partial charge in [0, 0.05) is 14.1 Å². The Morgan fingerprint density at radius 1 is 0.682 bits per heavy atom. The Hall–Kier alpha value is -1.41. The fraction of sp³-hybridized carbons (Fsp3) is 0.500. The summed E-state index contributed by atoms with van der Waals surface area (Å²) in [6.07, 6.45) is 3.85. The summed E-state index contributed by atoms with van der Waals surface area (Å²) in [6.45, 7) is 13.7. The Balaban J connectivity index is 2.72. The molecule has 0 aliphatic heterocycles. The molecule has 0 aliphatic rings. The van der Waals surface area contributed by atoms with Crippen LogP contribution in [0.4, 0.5) is 0 Å². The molecule has 122 valence electrons. The predicted octanol–water partition coefficient (Wildman–Crippen LogP) is 3.89. The lowest BCUT2D eigenvalue weighted by Gasteiger charge is -2.26. The van der Waals surface area contributed by atoms with Crippen molar-refractivity contribution in [1.82, 2.24) is 9.35 Å². The fourth-order valence-corrected chi connectivity index (χ4v) is 2.13. The Labute approximate surface area is 137 Å². The van der Waals surface area contributed by atoms with Gasteiger partial charge in [-0.3, -0.25) is 0 Å². The highest BCUT2D eigenvalue weighted by Gasteiger charge is 2.18. The summed E-state index contributed by atoms with van der Waals surface area (Å²) in [5, 5.41) is 9.07. The van der Waals surface area contributed by atoms with Crippen LogP contribution in [0.3, 0.4) is 0 Å². The van der Waals surface area contributed by atoms with Crippen LogP contribution in [0.15, 0.2) is 34.5 Å². The topological polar surface area (TPSA) is 31.2 Å². The minimum absolute atomic E-state index is 1.11. The molecule has 22 heavy (non-hydrogen) atoms. The number of hydrogen-bond acceptors (Lipinski definition) is 4. The van der Waals surface area contributed by atoms with Crippen molar-refractivity contribution in [2.75, 3.05) is 14.1 Å². The third-order valence-electron chi connectivity index (χ3n) is 3.64. The third kappa shape index (κ3) is 6.15. The van der Waals surface area contributed by atoms with Crippen molar-refractivity contribution < 1.29 is 0 Å². The van der Waals surface area contributed by atoms with E-state index in [2.05, 4.69) is 97.2 Å². The Morgan fingerprint density at radius 2 is 0.955 bits per heavy atom. The molecular weight excluding hydrogens is 304 g/mol. The molecule has 0 aromatic heterocycles. The van der Waals surface area contributed by atoms with E-state index in [0.717, 1.165) is 11.1 Å². The maximum absolute atomic E-state index is 4.54. The number of nitrogens with zero attached hydrogens (tertiary/aromatic N) is 4. The summed E-state index contributed by atoms with van der Waals surface area (Å²) in [5.74, 6) is 0. The van der Waals surface area contributed by atoms with Gasteiger partial charge in [-0.15, -0.1) is 0 Å². The molecule has 0 bridgehead atoms. The van der Waals surface area contributed by atoms with Crippen LogP contribution in [0.5, 0.6) is 0 Å². The van der Waals surface area contributed by atoms with E-state index in [1.807, 2.05) is 12.4 Å². The van der Waals surface area contributed by atoms with Crippen molar-refractivity contribution in [3.63, 3.8) is 0 Å². The van der Waals surface area contributed by atoms with Crippen molar-refractivity contribution in [1.29, 1.82) is 0 Å². The van der Waals surface area contributed by atoms with Gasteiger partial charge in [-0.1, -0.05) is 63.5 Å². The molecule has 0 amide bonds.